The van der Waals surface area contributed by atoms with E-state index in [1.54, 1.807) is 56.5 Å². The summed E-state index contributed by atoms with van der Waals surface area (Å²) in [5.41, 5.74) is 2.07. The molecule has 28 heavy (non-hydrogen) atoms. The average molecular weight is 402 g/mol. The third kappa shape index (κ3) is 4.20. The molecular formula is C20H20ClN3O4. The van der Waals surface area contributed by atoms with Gasteiger partial charge in [-0.25, -0.2) is 4.68 Å². The van der Waals surface area contributed by atoms with Gasteiger partial charge in [-0.05, 0) is 42.0 Å². The highest BCUT2D eigenvalue weighted by atomic mass is 35.5. The van der Waals surface area contributed by atoms with Crippen molar-refractivity contribution in [2.45, 2.75) is 6.54 Å². The largest absolute Gasteiger partial charge is 0.493 e. The van der Waals surface area contributed by atoms with E-state index >= 15 is 0 Å². The average Bonchev–Trinajstić information content (AvgIpc) is 3.21. The lowest BCUT2D eigenvalue weighted by atomic mass is 10.1. The molecule has 1 aromatic heterocycles. The van der Waals surface area contributed by atoms with E-state index in [-0.39, 0.29) is 5.91 Å². The van der Waals surface area contributed by atoms with Crippen molar-refractivity contribution in [3.05, 3.63) is 64.9 Å². The Bertz CT molecular complexity index is 945. The minimum absolute atomic E-state index is 0.242. The molecule has 0 aliphatic carbocycles. The number of methoxy groups -OCH3 is 3. The van der Waals surface area contributed by atoms with Crippen molar-refractivity contribution in [3.63, 3.8) is 0 Å². The molecule has 0 radical (unpaired) electrons. The van der Waals surface area contributed by atoms with Gasteiger partial charge in [0.15, 0.2) is 11.5 Å². The fraction of sp³-hybridized carbons (Fsp3) is 0.200. The molecule has 8 heteroatoms. The van der Waals surface area contributed by atoms with Gasteiger partial charge in [-0.3, -0.25) is 4.79 Å². The van der Waals surface area contributed by atoms with E-state index in [2.05, 4.69) is 10.4 Å². The van der Waals surface area contributed by atoms with Gasteiger partial charge >= 0.3 is 0 Å². The Hall–Kier alpha value is -3.19. The van der Waals surface area contributed by atoms with E-state index in [0.717, 1.165) is 11.3 Å². The van der Waals surface area contributed by atoms with Crippen molar-refractivity contribution in [2.75, 3.05) is 21.3 Å². The van der Waals surface area contributed by atoms with Crippen LogP contribution in [0.15, 0.2) is 48.8 Å². The highest BCUT2D eigenvalue weighted by molar-refractivity contribution is 6.30. The molecule has 1 heterocycles. The molecule has 0 aliphatic heterocycles. The SMILES string of the molecule is COc1cc(CNC(=O)c2cnn(-c3ccc(Cl)cc3)c2)cc(OC)c1OC. The number of aromatic nitrogens is 2. The maximum atomic E-state index is 12.5. The lowest BCUT2D eigenvalue weighted by Gasteiger charge is -2.14. The maximum absolute atomic E-state index is 12.5. The van der Waals surface area contributed by atoms with Gasteiger partial charge in [-0.2, -0.15) is 5.10 Å². The van der Waals surface area contributed by atoms with Gasteiger partial charge < -0.3 is 19.5 Å². The molecule has 0 fully saturated rings. The summed E-state index contributed by atoms with van der Waals surface area (Å²) in [5.74, 6) is 1.32. The van der Waals surface area contributed by atoms with E-state index < -0.39 is 0 Å². The summed E-state index contributed by atoms with van der Waals surface area (Å²) >= 11 is 5.90. The van der Waals surface area contributed by atoms with Crippen LogP contribution >= 0.6 is 11.6 Å². The lowest BCUT2D eigenvalue weighted by Crippen LogP contribution is -2.22. The predicted octanol–water partition coefficient (Wildman–Crippen LogP) is 3.48. The number of hydrogen-bond acceptors (Lipinski definition) is 5. The van der Waals surface area contributed by atoms with Gasteiger partial charge in [0.05, 0.1) is 38.8 Å². The van der Waals surface area contributed by atoms with E-state index in [0.29, 0.717) is 34.4 Å². The van der Waals surface area contributed by atoms with Crippen LogP contribution in [0.5, 0.6) is 17.2 Å². The van der Waals surface area contributed by atoms with Crippen molar-refractivity contribution in [1.82, 2.24) is 15.1 Å². The van der Waals surface area contributed by atoms with Gasteiger partial charge in [0.25, 0.3) is 5.91 Å². The predicted molar refractivity (Wildman–Crippen MR) is 106 cm³/mol. The number of amides is 1. The Morgan fingerprint density at radius 3 is 2.29 bits per heavy atom. The third-order valence-corrected chi connectivity index (χ3v) is 4.37. The fourth-order valence-electron chi connectivity index (χ4n) is 2.70. The van der Waals surface area contributed by atoms with Gasteiger partial charge in [0.1, 0.15) is 0 Å². The molecule has 146 valence electrons. The summed E-state index contributed by atoms with van der Waals surface area (Å²) in [5, 5.41) is 7.73. The fourth-order valence-corrected chi connectivity index (χ4v) is 2.82. The topological polar surface area (TPSA) is 74.6 Å². The zero-order valence-electron chi connectivity index (χ0n) is 15.7. The number of carbonyl (C=O) groups is 1. The van der Waals surface area contributed by atoms with Crippen LogP contribution < -0.4 is 19.5 Å². The zero-order chi connectivity index (χ0) is 20.1. The number of ether oxygens (including phenoxy) is 3. The van der Waals surface area contributed by atoms with Crippen molar-refractivity contribution in [3.8, 4) is 22.9 Å². The van der Waals surface area contributed by atoms with Crippen LogP contribution in [0.1, 0.15) is 15.9 Å². The number of halogens is 1. The molecule has 7 nitrogen and oxygen atoms in total. The molecule has 0 spiro atoms. The summed E-state index contributed by atoms with van der Waals surface area (Å²) in [6.07, 6.45) is 3.17. The van der Waals surface area contributed by atoms with Crippen molar-refractivity contribution in [2.24, 2.45) is 0 Å². The monoisotopic (exact) mass is 401 g/mol. The van der Waals surface area contributed by atoms with Crippen LogP contribution in [0.3, 0.4) is 0 Å². The minimum atomic E-state index is -0.242. The van der Waals surface area contributed by atoms with Crippen LogP contribution in [0.2, 0.25) is 5.02 Å². The molecule has 0 saturated heterocycles. The van der Waals surface area contributed by atoms with Gasteiger partial charge in [-0.15, -0.1) is 0 Å². The van der Waals surface area contributed by atoms with Crippen LogP contribution in [0, 0.1) is 0 Å². The van der Waals surface area contributed by atoms with E-state index in [1.807, 2.05) is 12.1 Å². The molecule has 2 aromatic carbocycles. The van der Waals surface area contributed by atoms with Crippen LogP contribution in [0.4, 0.5) is 0 Å². The Labute approximate surface area is 167 Å². The summed E-state index contributed by atoms with van der Waals surface area (Å²) in [6.45, 7) is 0.293. The Kier molecular flexibility index (Phi) is 6.06. The Morgan fingerprint density at radius 1 is 1.07 bits per heavy atom. The van der Waals surface area contributed by atoms with Gasteiger partial charge in [-0.1, -0.05) is 11.6 Å². The quantitative estimate of drug-likeness (QED) is 0.656. The van der Waals surface area contributed by atoms with Gasteiger partial charge in [0, 0.05) is 17.8 Å². The summed E-state index contributed by atoms with van der Waals surface area (Å²) < 4.78 is 17.6. The number of rotatable bonds is 7. The summed E-state index contributed by atoms with van der Waals surface area (Å²) in [7, 11) is 4.63. The van der Waals surface area contributed by atoms with Crippen molar-refractivity contribution in [1.29, 1.82) is 0 Å². The number of hydrogen-bond donors (Lipinski definition) is 1. The molecule has 1 N–H and O–H groups in total. The minimum Gasteiger partial charge on any atom is -0.493 e. The number of nitrogens with one attached hydrogen (secondary N) is 1. The van der Waals surface area contributed by atoms with Crippen LogP contribution in [0.25, 0.3) is 5.69 Å². The molecule has 0 atom stereocenters. The molecule has 0 saturated carbocycles. The lowest BCUT2D eigenvalue weighted by molar-refractivity contribution is 0.0951. The van der Waals surface area contributed by atoms with Gasteiger partial charge in [0.2, 0.25) is 5.75 Å². The smallest absolute Gasteiger partial charge is 0.254 e. The normalized spacial score (nSPS) is 10.4. The standard InChI is InChI=1S/C20H20ClN3O4/c1-26-17-8-13(9-18(27-2)19(17)28-3)10-22-20(25)14-11-23-24(12-14)16-6-4-15(21)5-7-16/h4-9,11-12H,10H2,1-3H3,(H,22,25). The molecular weight excluding hydrogens is 382 g/mol. The van der Waals surface area contributed by atoms with Crippen LogP contribution in [-0.4, -0.2) is 37.0 Å². The first-order valence-corrected chi connectivity index (χ1v) is 8.81. The Balaban J connectivity index is 1.71. The summed E-state index contributed by atoms with van der Waals surface area (Å²) in [6, 6.07) is 10.8. The molecule has 3 rings (SSSR count). The van der Waals surface area contributed by atoms with Crippen LogP contribution in [-0.2, 0) is 6.54 Å². The second-order valence-corrected chi connectivity index (χ2v) is 6.30. The molecule has 0 bridgehead atoms. The first kappa shape index (κ1) is 19.6. The van der Waals surface area contributed by atoms with E-state index in [9.17, 15) is 4.79 Å². The highest BCUT2D eigenvalue weighted by Gasteiger charge is 2.14. The summed E-state index contributed by atoms with van der Waals surface area (Å²) in [4.78, 5) is 12.5. The zero-order valence-corrected chi connectivity index (χ0v) is 16.5. The second-order valence-electron chi connectivity index (χ2n) is 5.87. The van der Waals surface area contributed by atoms with Crippen molar-refractivity contribution < 1.29 is 19.0 Å². The number of nitrogens with zero attached hydrogens (tertiary/aromatic N) is 2. The number of benzene rings is 2. The molecule has 3 aromatic rings. The molecule has 0 unspecified atom stereocenters. The Morgan fingerprint density at radius 2 is 1.71 bits per heavy atom. The highest BCUT2D eigenvalue weighted by Crippen LogP contribution is 2.38. The molecule has 0 aliphatic rings. The first-order chi connectivity index (χ1) is 13.5. The number of carbonyl (C=O) groups excluding carboxylic acids is 1. The maximum Gasteiger partial charge on any atom is 0.254 e. The van der Waals surface area contributed by atoms with Crippen molar-refractivity contribution >= 4 is 17.5 Å². The molecule has 1 amide bonds. The first-order valence-electron chi connectivity index (χ1n) is 8.43. The van der Waals surface area contributed by atoms with E-state index in [4.69, 9.17) is 25.8 Å². The van der Waals surface area contributed by atoms with E-state index in [1.165, 1.54) is 6.20 Å². The third-order valence-electron chi connectivity index (χ3n) is 4.11. The second kappa shape index (κ2) is 8.67.